The van der Waals surface area contributed by atoms with Gasteiger partial charge in [0.05, 0.1) is 11.0 Å². The zero-order valence-electron chi connectivity index (χ0n) is 10.1. The minimum absolute atomic E-state index is 0.0732. The summed E-state index contributed by atoms with van der Waals surface area (Å²) in [4.78, 5) is 11.4. The predicted octanol–water partition coefficient (Wildman–Crippen LogP) is 4.09. The summed E-state index contributed by atoms with van der Waals surface area (Å²) in [5, 5.41) is 2.32. The van der Waals surface area contributed by atoms with Crippen molar-refractivity contribution in [1.82, 2.24) is 4.68 Å². The summed E-state index contributed by atoms with van der Waals surface area (Å²) in [7, 11) is 0. The van der Waals surface area contributed by atoms with Gasteiger partial charge in [-0.05, 0) is 81.6 Å². The second-order valence-corrected chi connectivity index (χ2v) is 6.82. The van der Waals surface area contributed by atoms with Gasteiger partial charge in [0.1, 0.15) is 0 Å². The molecule has 1 aromatic heterocycles. The third kappa shape index (κ3) is 2.33. The van der Waals surface area contributed by atoms with E-state index in [4.69, 9.17) is 0 Å². The highest BCUT2D eigenvalue weighted by molar-refractivity contribution is 14.1. The monoisotopic (exact) mass is 476 g/mol. The van der Waals surface area contributed by atoms with E-state index < -0.39 is 0 Å². The number of amides is 1. The van der Waals surface area contributed by atoms with Crippen molar-refractivity contribution in [3.05, 3.63) is 43.5 Å². The van der Waals surface area contributed by atoms with Crippen LogP contribution in [0.3, 0.4) is 0 Å². The fourth-order valence-corrected chi connectivity index (χ4v) is 3.23. The molecule has 0 radical (unpaired) electrons. The van der Waals surface area contributed by atoms with E-state index in [1.165, 1.54) is 14.1 Å². The molecular weight excluding hydrogens is 466 g/mol. The lowest BCUT2D eigenvalue weighted by Gasteiger charge is -2.07. The molecule has 0 unspecified atom stereocenters. The minimum atomic E-state index is -0.0732. The van der Waals surface area contributed by atoms with Crippen molar-refractivity contribution in [1.29, 1.82) is 0 Å². The molecule has 0 aliphatic rings. The number of aromatic nitrogens is 1. The number of hydrogen-bond acceptors (Lipinski definition) is 1. The number of carbonyl (C=O) groups is 1. The van der Waals surface area contributed by atoms with Crippen molar-refractivity contribution in [2.24, 2.45) is 0 Å². The van der Waals surface area contributed by atoms with Gasteiger partial charge in [-0.2, -0.15) is 0 Å². The molecule has 2 aromatic carbocycles. The van der Waals surface area contributed by atoms with E-state index in [1.807, 2.05) is 28.9 Å². The van der Waals surface area contributed by atoms with Gasteiger partial charge in [-0.3, -0.25) is 14.9 Å². The average molecular weight is 476 g/mol. The van der Waals surface area contributed by atoms with E-state index >= 15 is 0 Å². The number of nitrogens with one attached hydrogen (secondary N) is 1. The first kappa shape index (κ1) is 13.2. The molecule has 3 rings (SSSR count). The van der Waals surface area contributed by atoms with Crippen LogP contribution in [0.15, 0.2) is 36.4 Å². The summed E-state index contributed by atoms with van der Waals surface area (Å²) in [6.07, 6.45) is 0. The molecule has 0 atom stereocenters. The Labute approximate surface area is 137 Å². The summed E-state index contributed by atoms with van der Waals surface area (Å²) in [5.41, 5.74) is 4.92. The molecule has 0 aliphatic carbocycles. The first-order chi connectivity index (χ1) is 9.06. The highest BCUT2D eigenvalue weighted by Gasteiger charge is 2.11. The molecule has 0 fully saturated rings. The van der Waals surface area contributed by atoms with Gasteiger partial charge >= 0.3 is 0 Å². The van der Waals surface area contributed by atoms with Crippen molar-refractivity contribution >= 4 is 72.9 Å². The summed E-state index contributed by atoms with van der Waals surface area (Å²) in [6, 6.07) is 12.5. The average Bonchev–Trinajstić information content (AvgIpc) is 2.62. The highest BCUT2D eigenvalue weighted by Crippen LogP contribution is 2.30. The number of nitrogens with zero attached hydrogens (tertiary/aromatic N) is 1. The van der Waals surface area contributed by atoms with Crippen LogP contribution in [0.5, 0.6) is 0 Å². The van der Waals surface area contributed by atoms with Crippen LogP contribution in [0, 0.1) is 7.14 Å². The van der Waals surface area contributed by atoms with Crippen LogP contribution >= 0.6 is 45.2 Å². The van der Waals surface area contributed by atoms with E-state index in [1.54, 1.807) is 0 Å². The van der Waals surface area contributed by atoms with Crippen LogP contribution in [0.2, 0.25) is 0 Å². The molecule has 0 bridgehead atoms. The molecule has 0 saturated carbocycles. The predicted molar refractivity (Wildman–Crippen MR) is 94.9 cm³/mol. The Kier molecular flexibility index (Phi) is 3.42. The van der Waals surface area contributed by atoms with Crippen LogP contribution in [0.4, 0.5) is 0 Å². The molecule has 1 N–H and O–H groups in total. The topological polar surface area (TPSA) is 34.0 Å². The zero-order valence-corrected chi connectivity index (χ0v) is 14.4. The summed E-state index contributed by atoms with van der Waals surface area (Å²) >= 11 is 4.61. The quantitative estimate of drug-likeness (QED) is 0.528. The SMILES string of the molecule is CC(=O)Nn1c2ccc(I)cc2c2cc(I)ccc21. The van der Waals surface area contributed by atoms with Gasteiger partial charge in [0.2, 0.25) is 5.91 Å². The Balaban J connectivity index is 2.46. The fourth-order valence-electron chi connectivity index (χ4n) is 2.25. The first-order valence-electron chi connectivity index (χ1n) is 5.73. The standard InChI is InChI=1S/C14H10I2N2O/c1-8(19)17-18-13-4-2-9(15)6-11(13)12-7-10(16)3-5-14(12)18/h2-7H,1H3,(H,17,19). The third-order valence-corrected chi connectivity index (χ3v) is 4.30. The third-order valence-electron chi connectivity index (χ3n) is 2.96. The van der Waals surface area contributed by atoms with Crippen molar-refractivity contribution in [3.8, 4) is 0 Å². The number of hydrogen-bond donors (Lipinski definition) is 1. The van der Waals surface area contributed by atoms with E-state index in [2.05, 4.69) is 62.7 Å². The van der Waals surface area contributed by atoms with E-state index in [-0.39, 0.29) is 5.91 Å². The van der Waals surface area contributed by atoms with Gasteiger partial charge in [-0.1, -0.05) is 0 Å². The molecule has 3 aromatic rings. The van der Waals surface area contributed by atoms with E-state index in [9.17, 15) is 4.79 Å². The number of halogens is 2. The van der Waals surface area contributed by atoms with Crippen LogP contribution in [-0.4, -0.2) is 10.6 Å². The molecule has 1 amide bonds. The van der Waals surface area contributed by atoms with Crippen LogP contribution in [0.1, 0.15) is 6.92 Å². The Hall–Kier alpha value is -0.830. The smallest absolute Gasteiger partial charge is 0.235 e. The lowest BCUT2D eigenvalue weighted by Crippen LogP contribution is -2.19. The maximum absolute atomic E-state index is 11.4. The maximum Gasteiger partial charge on any atom is 0.235 e. The van der Waals surface area contributed by atoms with Crippen molar-refractivity contribution in [3.63, 3.8) is 0 Å². The Morgan fingerprint density at radius 2 is 1.47 bits per heavy atom. The molecule has 19 heavy (non-hydrogen) atoms. The minimum Gasteiger partial charge on any atom is -0.274 e. The summed E-state index contributed by atoms with van der Waals surface area (Å²) in [5.74, 6) is -0.0732. The molecule has 96 valence electrons. The van der Waals surface area contributed by atoms with Crippen molar-refractivity contribution in [2.45, 2.75) is 6.92 Å². The highest BCUT2D eigenvalue weighted by atomic mass is 127. The molecule has 5 heteroatoms. The van der Waals surface area contributed by atoms with Gasteiger partial charge < -0.3 is 0 Å². The number of rotatable bonds is 1. The summed E-state index contributed by atoms with van der Waals surface area (Å²) in [6.45, 7) is 1.52. The molecule has 1 heterocycles. The molecule has 0 aliphatic heterocycles. The number of fused-ring (bicyclic) bond motifs is 3. The Morgan fingerprint density at radius 1 is 1.00 bits per heavy atom. The molecular formula is C14H10I2N2O. The van der Waals surface area contributed by atoms with Crippen molar-refractivity contribution in [2.75, 3.05) is 5.43 Å². The lowest BCUT2D eigenvalue weighted by molar-refractivity contribution is -0.115. The maximum atomic E-state index is 11.4. The van der Waals surface area contributed by atoms with Crippen LogP contribution < -0.4 is 5.43 Å². The van der Waals surface area contributed by atoms with Gasteiger partial charge in [0.15, 0.2) is 0 Å². The Bertz CT molecular complexity index is 749. The molecule has 0 saturated heterocycles. The largest absolute Gasteiger partial charge is 0.274 e. The van der Waals surface area contributed by atoms with Crippen LogP contribution in [0.25, 0.3) is 21.8 Å². The lowest BCUT2D eigenvalue weighted by atomic mass is 10.2. The first-order valence-corrected chi connectivity index (χ1v) is 7.89. The summed E-state index contributed by atoms with van der Waals surface area (Å²) < 4.78 is 4.23. The molecule has 3 nitrogen and oxygen atoms in total. The van der Waals surface area contributed by atoms with E-state index in [0.717, 1.165) is 21.8 Å². The second-order valence-electron chi connectivity index (χ2n) is 4.33. The van der Waals surface area contributed by atoms with Gasteiger partial charge in [-0.15, -0.1) is 0 Å². The number of carbonyl (C=O) groups excluding carboxylic acids is 1. The number of benzene rings is 2. The fraction of sp³-hybridized carbons (Fsp3) is 0.0714. The van der Waals surface area contributed by atoms with E-state index in [0.29, 0.717) is 0 Å². The van der Waals surface area contributed by atoms with Crippen LogP contribution in [-0.2, 0) is 4.79 Å². The van der Waals surface area contributed by atoms with Gasteiger partial charge in [-0.25, -0.2) is 0 Å². The molecule has 0 spiro atoms. The second kappa shape index (κ2) is 4.93. The van der Waals surface area contributed by atoms with Gasteiger partial charge in [0.25, 0.3) is 0 Å². The zero-order chi connectivity index (χ0) is 13.6. The normalized spacial score (nSPS) is 11.1. The van der Waals surface area contributed by atoms with Crippen molar-refractivity contribution < 1.29 is 4.79 Å². The Morgan fingerprint density at radius 3 is 1.89 bits per heavy atom. The van der Waals surface area contributed by atoms with Gasteiger partial charge in [0, 0.05) is 24.8 Å².